The molecular formula is C11H6F5N. The number of nitriles is 1. The normalized spacial score (nSPS) is 11.5. The molecule has 0 aliphatic heterocycles. The summed E-state index contributed by atoms with van der Waals surface area (Å²) in [6.45, 7) is 1.51. The average Bonchev–Trinajstić information content (AvgIpc) is 2.34. The summed E-state index contributed by atoms with van der Waals surface area (Å²) in [5.74, 6) is -10.1. The van der Waals surface area contributed by atoms with Gasteiger partial charge in [0, 0.05) is 5.57 Å². The molecule has 0 spiro atoms. The zero-order valence-corrected chi connectivity index (χ0v) is 8.62. The Labute approximate surface area is 93.8 Å². The Hall–Kier alpha value is -1.90. The van der Waals surface area contributed by atoms with E-state index < -0.39 is 34.6 Å². The molecule has 0 aliphatic carbocycles. The minimum Gasteiger partial charge on any atom is -0.203 e. The maximum atomic E-state index is 13.2. The van der Waals surface area contributed by atoms with E-state index in [0.29, 0.717) is 6.08 Å². The molecule has 0 amide bonds. The molecule has 1 aromatic carbocycles. The van der Waals surface area contributed by atoms with Gasteiger partial charge in [0.1, 0.15) is 0 Å². The highest BCUT2D eigenvalue weighted by molar-refractivity contribution is 5.58. The molecule has 0 aliphatic rings. The van der Waals surface area contributed by atoms with Crippen LogP contribution in [-0.4, -0.2) is 0 Å². The summed E-state index contributed by atoms with van der Waals surface area (Å²) in [4.78, 5) is 0. The molecule has 1 rings (SSSR count). The van der Waals surface area contributed by atoms with Gasteiger partial charge in [-0.15, -0.1) is 0 Å². The van der Waals surface area contributed by atoms with Crippen LogP contribution in [0.5, 0.6) is 0 Å². The molecule has 90 valence electrons. The molecule has 1 nitrogen and oxygen atoms in total. The van der Waals surface area contributed by atoms with E-state index in [4.69, 9.17) is 5.26 Å². The molecule has 0 radical (unpaired) electrons. The van der Waals surface area contributed by atoms with E-state index in [1.54, 1.807) is 6.07 Å². The molecule has 0 bridgehead atoms. The molecule has 6 heteroatoms. The van der Waals surface area contributed by atoms with Crippen molar-refractivity contribution in [2.45, 2.75) is 13.3 Å². The Bertz CT molecular complexity index is 499. The maximum Gasteiger partial charge on any atom is 0.200 e. The SMILES string of the molecule is CCC(C#N)=Cc1c(F)c(F)c(F)c(F)c1F. The second-order valence-electron chi connectivity index (χ2n) is 3.12. The van der Waals surface area contributed by atoms with Crippen molar-refractivity contribution in [1.29, 1.82) is 5.26 Å². The van der Waals surface area contributed by atoms with Gasteiger partial charge >= 0.3 is 0 Å². The van der Waals surface area contributed by atoms with Crippen molar-refractivity contribution in [3.8, 4) is 6.07 Å². The van der Waals surface area contributed by atoms with Crippen molar-refractivity contribution in [2.24, 2.45) is 0 Å². The van der Waals surface area contributed by atoms with Crippen molar-refractivity contribution >= 4 is 6.08 Å². The fraction of sp³-hybridized carbons (Fsp3) is 0.182. The number of allylic oxidation sites excluding steroid dienone is 1. The quantitative estimate of drug-likeness (QED) is 0.338. The third kappa shape index (κ3) is 2.28. The maximum absolute atomic E-state index is 13.2. The number of benzene rings is 1. The number of hydrogen-bond acceptors (Lipinski definition) is 1. The first kappa shape index (κ1) is 13.2. The molecule has 0 atom stereocenters. The van der Waals surface area contributed by atoms with Gasteiger partial charge in [0.2, 0.25) is 5.82 Å². The van der Waals surface area contributed by atoms with Crippen LogP contribution >= 0.6 is 0 Å². The third-order valence-electron chi connectivity index (χ3n) is 2.09. The molecule has 1 aromatic rings. The first-order chi connectivity index (χ1) is 7.93. The highest BCUT2D eigenvalue weighted by atomic mass is 19.2. The van der Waals surface area contributed by atoms with E-state index >= 15 is 0 Å². The van der Waals surface area contributed by atoms with Gasteiger partial charge in [-0.1, -0.05) is 6.92 Å². The van der Waals surface area contributed by atoms with Gasteiger partial charge in [0.15, 0.2) is 23.3 Å². The molecule has 0 saturated heterocycles. The summed E-state index contributed by atoms with van der Waals surface area (Å²) in [6, 6.07) is 1.60. The minimum absolute atomic E-state index is 0.0896. The minimum atomic E-state index is -2.22. The smallest absolute Gasteiger partial charge is 0.200 e. The predicted molar refractivity (Wildman–Crippen MR) is 50.1 cm³/mol. The Kier molecular flexibility index (Phi) is 3.84. The van der Waals surface area contributed by atoms with Gasteiger partial charge in [-0.2, -0.15) is 5.26 Å². The summed E-state index contributed by atoms with van der Waals surface area (Å²) in [5, 5.41) is 8.54. The molecule has 17 heavy (non-hydrogen) atoms. The van der Waals surface area contributed by atoms with Crippen LogP contribution in [0.2, 0.25) is 0 Å². The highest BCUT2D eigenvalue weighted by Crippen LogP contribution is 2.25. The first-order valence-corrected chi connectivity index (χ1v) is 4.56. The van der Waals surface area contributed by atoms with Crippen LogP contribution in [0.3, 0.4) is 0 Å². The van der Waals surface area contributed by atoms with Crippen molar-refractivity contribution in [3.05, 3.63) is 40.2 Å². The Morgan fingerprint density at radius 3 is 1.76 bits per heavy atom. The summed E-state index contributed by atoms with van der Waals surface area (Å²) in [6.07, 6.45) is 0.770. The molecule has 0 heterocycles. The van der Waals surface area contributed by atoms with Crippen LogP contribution in [0.15, 0.2) is 5.57 Å². The lowest BCUT2D eigenvalue weighted by atomic mass is 10.1. The van der Waals surface area contributed by atoms with Crippen LogP contribution in [0, 0.1) is 40.4 Å². The Balaban J connectivity index is 3.56. The Morgan fingerprint density at radius 1 is 1.00 bits per heavy atom. The summed E-state index contributed by atoms with van der Waals surface area (Å²) >= 11 is 0. The zero-order chi connectivity index (χ0) is 13.2. The average molecular weight is 247 g/mol. The van der Waals surface area contributed by atoms with Gasteiger partial charge in [-0.25, -0.2) is 22.0 Å². The molecule has 0 unspecified atom stereocenters. The van der Waals surface area contributed by atoms with Gasteiger partial charge in [0.05, 0.1) is 11.6 Å². The van der Waals surface area contributed by atoms with E-state index in [2.05, 4.69) is 0 Å². The van der Waals surface area contributed by atoms with Crippen molar-refractivity contribution in [3.63, 3.8) is 0 Å². The lowest BCUT2D eigenvalue weighted by Crippen LogP contribution is -2.04. The lowest BCUT2D eigenvalue weighted by molar-refractivity contribution is 0.377. The fourth-order valence-electron chi connectivity index (χ4n) is 1.14. The second-order valence-corrected chi connectivity index (χ2v) is 3.12. The summed E-state index contributed by atoms with van der Waals surface area (Å²) in [7, 11) is 0. The van der Waals surface area contributed by atoms with Gasteiger partial charge < -0.3 is 0 Å². The molecule has 0 aromatic heterocycles. The number of hydrogen-bond donors (Lipinski definition) is 0. The van der Waals surface area contributed by atoms with Crippen LogP contribution in [0.1, 0.15) is 18.9 Å². The van der Waals surface area contributed by atoms with Crippen LogP contribution in [0.4, 0.5) is 22.0 Å². The number of rotatable bonds is 2. The summed E-state index contributed by atoms with van der Waals surface area (Å²) in [5.41, 5.74) is -1.19. The predicted octanol–water partition coefficient (Wildman–Crippen LogP) is 3.70. The third-order valence-corrected chi connectivity index (χ3v) is 2.09. The number of nitrogens with zero attached hydrogens (tertiary/aromatic N) is 1. The van der Waals surface area contributed by atoms with Crippen molar-refractivity contribution in [2.75, 3.05) is 0 Å². The summed E-state index contributed by atoms with van der Waals surface area (Å²) < 4.78 is 64.6. The van der Waals surface area contributed by atoms with E-state index in [0.717, 1.165) is 0 Å². The van der Waals surface area contributed by atoms with Crippen molar-refractivity contribution in [1.82, 2.24) is 0 Å². The first-order valence-electron chi connectivity index (χ1n) is 4.56. The standard InChI is InChI=1S/C11H6F5N/c1-2-5(4-17)3-6-7(12)9(14)11(16)10(15)8(6)13/h3H,2H2,1H3. The Morgan fingerprint density at radius 2 is 1.41 bits per heavy atom. The molecular weight excluding hydrogens is 241 g/mol. The van der Waals surface area contributed by atoms with Crippen molar-refractivity contribution < 1.29 is 22.0 Å². The lowest BCUT2D eigenvalue weighted by Gasteiger charge is -2.04. The van der Waals surface area contributed by atoms with Gasteiger partial charge in [-0.05, 0) is 12.5 Å². The zero-order valence-electron chi connectivity index (χ0n) is 8.62. The topological polar surface area (TPSA) is 23.8 Å². The van der Waals surface area contributed by atoms with Crippen LogP contribution in [-0.2, 0) is 0 Å². The molecule has 0 saturated carbocycles. The van der Waals surface area contributed by atoms with E-state index in [1.807, 2.05) is 0 Å². The monoisotopic (exact) mass is 247 g/mol. The molecule has 0 fully saturated rings. The fourth-order valence-corrected chi connectivity index (χ4v) is 1.14. The number of halogens is 5. The largest absolute Gasteiger partial charge is 0.203 e. The van der Waals surface area contributed by atoms with E-state index in [-0.39, 0.29) is 12.0 Å². The van der Waals surface area contributed by atoms with Crippen LogP contribution < -0.4 is 0 Å². The highest BCUT2D eigenvalue weighted by Gasteiger charge is 2.24. The van der Waals surface area contributed by atoms with Gasteiger partial charge in [0.25, 0.3) is 0 Å². The molecule has 0 N–H and O–H groups in total. The van der Waals surface area contributed by atoms with Crippen LogP contribution in [0.25, 0.3) is 6.08 Å². The van der Waals surface area contributed by atoms with E-state index in [1.165, 1.54) is 6.92 Å². The van der Waals surface area contributed by atoms with Gasteiger partial charge in [-0.3, -0.25) is 0 Å². The van der Waals surface area contributed by atoms with E-state index in [9.17, 15) is 22.0 Å². The second kappa shape index (κ2) is 4.95.